The lowest BCUT2D eigenvalue weighted by atomic mass is 9.92. The number of benzene rings is 6. The van der Waals surface area contributed by atoms with Gasteiger partial charge in [-0.2, -0.15) is 0 Å². The molecule has 10 rings (SSSR count). The number of carbonyl (C=O) groups is 2. The Labute approximate surface area is 324 Å². The van der Waals surface area contributed by atoms with E-state index in [0.717, 1.165) is 77.4 Å². The second-order valence-corrected chi connectivity index (χ2v) is 14.2. The van der Waals surface area contributed by atoms with Crippen molar-refractivity contribution in [2.24, 2.45) is 0 Å². The number of pyridine rings is 2. The smallest absolute Gasteiger partial charge is 0.268 e. The molecule has 0 saturated carbocycles. The Morgan fingerprint density at radius 3 is 1.48 bits per heavy atom. The van der Waals surface area contributed by atoms with Crippen molar-refractivity contribution in [2.45, 2.75) is 13.8 Å². The molecule has 0 fully saturated rings. The number of fused-ring (bicyclic) bond motifs is 4. The molecule has 6 heteroatoms. The van der Waals surface area contributed by atoms with Crippen LogP contribution in [0.5, 0.6) is 0 Å². The Balaban J connectivity index is 1.28. The standard InChI is InChI=1S/C50H34N4O2/c1-31-29-51-27-25-35(31)38-18-9-20-40-41-21-10-19-39(36-26-28-52-30-32(36)2)48(41)53(47(38)40)44-24-12-22-42-46(44)50(56)54(49(42)55)43-23-11-17-37(33-13-5-3-6-14-33)45(43)34-15-7-4-8-16-34/h3-30H,1-2H3. The Morgan fingerprint density at radius 2 is 0.911 bits per heavy atom. The predicted molar refractivity (Wildman–Crippen MR) is 225 cm³/mol. The Morgan fingerprint density at radius 1 is 0.411 bits per heavy atom. The molecular weight excluding hydrogens is 689 g/mol. The van der Waals surface area contributed by atoms with Crippen LogP contribution in [-0.4, -0.2) is 26.3 Å². The van der Waals surface area contributed by atoms with Crippen LogP contribution < -0.4 is 4.90 Å². The highest BCUT2D eigenvalue weighted by Crippen LogP contribution is 2.46. The fourth-order valence-corrected chi connectivity index (χ4v) is 8.51. The zero-order valence-corrected chi connectivity index (χ0v) is 30.8. The summed E-state index contributed by atoms with van der Waals surface area (Å²) < 4.78 is 2.21. The van der Waals surface area contributed by atoms with Crippen LogP contribution in [0.3, 0.4) is 0 Å². The van der Waals surface area contributed by atoms with Gasteiger partial charge in [0.15, 0.2) is 0 Å². The number of hydrogen-bond acceptors (Lipinski definition) is 4. The van der Waals surface area contributed by atoms with Gasteiger partial charge >= 0.3 is 0 Å². The summed E-state index contributed by atoms with van der Waals surface area (Å²) in [5.41, 5.74) is 13.6. The van der Waals surface area contributed by atoms with Crippen LogP contribution in [0.1, 0.15) is 31.8 Å². The summed E-state index contributed by atoms with van der Waals surface area (Å²) in [5.74, 6) is -0.724. The van der Waals surface area contributed by atoms with Crippen molar-refractivity contribution in [3.63, 3.8) is 0 Å². The normalized spacial score (nSPS) is 12.5. The number of anilines is 1. The van der Waals surface area contributed by atoms with Crippen LogP contribution in [0, 0.1) is 13.8 Å². The summed E-state index contributed by atoms with van der Waals surface area (Å²) in [5, 5.41) is 2.07. The van der Waals surface area contributed by atoms with E-state index in [1.165, 1.54) is 4.90 Å². The minimum Gasteiger partial charge on any atom is -0.307 e. The van der Waals surface area contributed by atoms with E-state index in [9.17, 15) is 4.79 Å². The molecule has 2 amide bonds. The maximum absolute atomic E-state index is 15.3. The maximum Gasteiger partial charge on any atom is 0.268 e. The molecule has 6 nitrogen and oxygen atoms in total. The van der Waals surface area contributed by atoms with Crippen molar-refractivity contribution in [3.05, 3.63) is 193 Å². The van der Waals surface area contributed by atoms with Crippen molar-refractivity contribution >= 4 is 39.3 Å². The van der Waals surface area contributed by atoms with Crippen molar-refractivity contribution in [2.75, 3.05) is 4.90 Å². The molecule has 0 radical (unpaired) electrons. The molecule has 6 aromatic carbocycles. The minimum atomic E-state index is -0.367. The van der Waals surface area contributed by atoms with Crippen molar-refractivity contribution < 1.29 is 9.59 Å². The zero-order chi connectivity index (χ0) is 37.9. The summed E-state index contributed by atoms with van der Waals surface area (Å²) in [6.07, 6.45) is 7.38. The van der Waals surface area contributed by atoms with E-state index >= 15 is 4.79 Å². The predicted octanol–water partition coefficient (Wildman–Crippen LogP) is 11.7. The number of imide groups is 1. The monoisotopic (exact) mass is 722 g/mol. The minimum absolute atomic E-state index is 0.356. The Bertz CT molecular complexity index is 2940. The van der Waals surface area contributed by atoms with E-state index in [1.54, 1.807) is 6.07 Å². The molecule has 1 aliphatic rings. The average molecular weight is 723 g/mol. The van der Waals surface area contributed by atoms with E-state index in [4.69, 9.17) is 0 Å². The van der Waals surface area contributed by atoms with E-state index in [0.29, 0.717) is 22.5 Å². The number of aromatic nitrogens is 3. The van der Waals surface area contributed by atoms with Crippen molar-refractivity contribution in [1.29, 1.82) is 0 Å². The molecule has 4 heterocycles. The van der Waals surface area contributed by atoms with E-state index < -0.39 is 0 Å². The van der Waals surface area contributed by atoms with Gasteiger partial charge in [0.2, 0.25) is 0 Å². The Hall–Kier alpha value is -7.44. The molecule has 0 unspecified atom stereocenters. The van der Waals surface area contributed by atoms with Crippen LogP contribution in [0.2, 0.25) is 0 Å². The van der Waals surface area contributed by atoms with Crippen LogP contribution in [-0.2, 0) is 0 Å². The third-order valence-electron chi connectivity index (χ3n) is 11.0. The van der Waals surface area contributed by atoms with Gasteiger partial charge in [-0.25, -0.2) is 4.90 Å². The fourth-order valence-electron chi connectivity index (χ4n) is 8.51. The van der Waals surface area contributed by atoms with Crippen LogP contribution in [0.15, 0.2) is 170 Å². The molecule has 0 bridgehead atoms. The number of amides is 2. The van der Waals surface area contributed by atoms with Gasteiger partial charge < -0.3 is 4.57 Å². The molecule has 0 saturated heterocycles. The summed E-state index contributed by atoms with van der Waals surface area (Å²) in [7, 11) is 0. The first-order chi connectivity index (χ1) is 27.5. The van der Waals surface area contributed by atoms with Gasteiger partial charge in [-0.05, 0) is 83.1 Å². The van der Waals surface area contributed by atoms with Gasteiger partial charge in [0.1, 0.15) is 0 Å². The first kappa shape index (κ1) is 33.2. The molecule has 1 aliphatic heterocycles. The van der Waals surface area contributed by atoms with Gasteiger partial charge in [0.25, 0.3) is 11.8 Å². The summed E-state index contributed by atoms with van der Waals surface area (Å²) >= 11 is 0. The highest BCUT2D eigenvalue weighted by molar-refractivity contribution is 6.37. The molecule has 266 valence electrons. The fraction of sp³-hybridized carbons (Fsp3) is 0.0400. The topological polar surface area (TPSA) is 68.1 Å². The second-order valence-electron chi connectivity index (χ2n) is 14.2. The van der Waals surface area contributed by atoms with Crippen molar-refractivity contribution in [3.8, 4) is 50.2 Å². The van der Waals surface area contributed by atoms with Gasteiger partial charge in [-0.1, -0.05) is 115 Å². The molecule has 3 aromatic heterocycles. The van der Waals surface area contributed by atoms with E-state index in [1.807, 2.05) is 116 Å². The van der Waals surface area contributed by atoms with Gasteiger partial charge in [-0.3, -0.25) is 19.6 Å². The number of aryl methyl sites for hydroxylation is 2. The molecular formula is C50H34N4O2. The van der Waals surface area contributed by atoms with Gasteiger partial charge in [-0.15, -0.1) is 0 Å². The molecule has 9 aromatic rings. The first-order valence-electron chi connectivity index (χ1n) is 18.7. The number of hydrogen-bond donors (Lipinski definition) is 0. The lowest BCUT2D eigenvalue weighted by Gasteiger charge is -2.22. The third kappa shape index (κ3) is 5.03. The maximum atomic E-state index is 15.3. The molecule has 0 aliphatic carbocycles. The summed E-state index contributed by atoms with van der Waals surface area (Å²) in [4.78, 5) is 40.3. The lowest BCUT2D eigenvalue weighted by Crippen LogP contribution is -2.30. The molecule has 0 spiro atoms. The van der Waals surface area contributed by atoms with Crippen LogP contribution in [0.4, 0.5) is 5.69 Å². The molecule has 56 heavy (non-hydrogen) atoms. The van der Waals surface area contributed by atoms with E-state index in [2.05, 4.69) is 76.9 Å². The number of para-hydroxylation sites is 2. The van der Waals surface area contributed by atoms with Gasteiger partial charge in [0.05, 0.1) is 33.5 Å². The van der Waals surface area contributed by atoms with Crippen molar-refractivity contribution in [1.82, 2.24) is 14.5 Å². The highest BCUT2D eigenvalue weighted by Gasteiger charge is 2.41. The number of nitrogens with zero attached hydrogens (tertiary/aromatic N) is 4. The van der Waals surface area contributed by atoms with Crippen LogP contribution >= 0.6 is 0 Å². The van der Waals surface area contributed by atoms with E-state index in [-0.39, 0.29) is 11.8 Å². The van der Waals surface area contributed by atoms with Crippen LogP contribution in [0.25, 0.3) is 72.0 Å². The average Bonchev–Trinajstić information content (AvgIpc) is 3.72. The Kier molecular flexibility index (Phi) is 7.78. The second kappa shape index (κ2) is 13.1. The summed E-state index contributed by atoms with van der Waals surface area (Å²) in [6, 6.07) is 48.3. The van der Waals surface area contributed by atoms with Gasteiger partial charge in [0, 0.05) is 52.3 Å². The number of carbonyl (C=O) groups excluding carboxylic acids is 2. The molecule has 0 atom stereocenters. The largest absolute Gasteiger partial charge is 0.307 e. The first-order valence-corrected chi connectivity index (χ1v) is 18.7. The third-order valence-corrected chi connectivity index (χ3v) is 11.0. The summed E-state index contributed by atoms with van der Waals surface area (Å²) in [6.45, 7) is 4.13. The SMILES string of the molecule is Cc1cnccc1-c1cccc2c3cccc(-c4ccncc4C)c3n(-c3cccc4c3C(=O)N(c3cccc(-c5ccccc5)c3-c3ccccc3)C4=O)c12. The highest BCUT2D eigenvalue weighted by atomic mass is 16.2. The number of rotatable bonds is 6. The quantitative estimate of drug-likeness (QED) is 0.160. The lowest BCUT2D eigenvalue weighted by molar-refractivity contribution is 0.0926. The zero-order valence-electron chi connectivity index (χ0n) is 30.8. The molecule has 0 N–H and O–H groups in total.